The van der Waals surface area contributed by atoms with Crippen LogP contribution in [0, 0.1) is 5.95 Å². The third-order valence-corrected chi connectivity index (χ3v) is 2.07. The molecule has 0 saturated carbocycles. The van der Waals surface area contributed by atoms with Crippen molar-refractivity contribution < 1.29 is 9.18 Å². The Morgan fingerprint density at radius 2 is 2.27 bits per heavy atom. The summed E-state index contributed by atoms with van der Waals surface area (Å²) in [4.78, 5) is 14.7. The molecule has 0 fully saturated rings. The van der Waals surface area contributed by atoms with Gasteiger partial charge in [0.1, 0.15) is 0 Å². The van der Waals surface area contributed by atoms with Gasteiger partial charge in [-0.1, -0.05) is 0 Å². The molecule has 1 aromatic heterocycles. The van der Waals surface area contributed by atoms with E-state index in [9.17, 15) is 9.18 Å². The van der Waals surface area contributed by atoms with Gasteiger partial charge in [-0.3, -0.25) is 4.79 Å². The summed E-state index contributed by atoms with van der Waals surface area (Å²) in [7, 11) is 0. The van der Waals surface area contributed by atoms with E-state index in [4.69, 9.17) is 11.6 Å². The Kier molecular flexibility index (Phi) is 5.04. The highest BCUT2D eigenvalue weighted by Crippen LogP contribution is 2.07. The summed E-state index contributed by atoms with van der Waals surface area (Å²) in [5.41, 5.74) is 0.507. The molecule has 1 aromatic rings. The summed E-state index contributed by atoms with van der Waals surface area (Å²) in [6.45, 7) is 0. The van der Waals surface area contributed by atoms with E-state index in [0.29, 0.717) is 18.0 Å². The largest absolute Gasteiger partial charge is 0.325 e. The predicted octanol–water partition coefficient (Wildman–Crippen LogP) is 2.57. The van der Waals surface area contributed by atoms with Gasteiger partial charge in [-0.15, -0.1) is 11.6 Å². The van der Waals surface area contributed by atoms with E-state index < -0.39 is 5.95 Å². The molecule has 0 radical (unpaired) electrons. The third kappa shape index (κ3) is 4.74. The number of carbonyl (C=O) groups excluding carboxylic acids is 1. The number of aromatic nitrogens is 1. The minimum atomic E-state index is -0.560. The molecule has 0 atom stereocenters. The molecule has 1 heterocycles. The van der Waals surface area contributed by atoms with E-state index >= 15 is 0 Å². The Bertz CT molecular complexity index is 316. The molecule has 1 N–H and O–H groups in total. The van der Waals surface area contributed by atoms with Crippen LogP contribution in [-0.2, 0) is 4.79 Å². The van der Waals surface area contributed by atoms with E-state index in [1.165, 1.54) is 18.3 Å². The normalized spacial score (nSPS) is 10.0. The van der Waals surface area contributed by atoms with Crippen LogP contribution >= 0.6 is 11.6 Å². The highest BCUT2D eigenvalue weighted by Gasteiger charge is 2.02. The van der Waals surface area contributed by atoms with Crippen molar-refractivity contribution in [3.63, 3.8) is 0 Å². The topological polar surface area (TPSA) is 42.0 Å². The molecule has 0 aliphatic rings. The Hall–Kier alpha value is -1.16. The van der Waals surface area contributed by atoms with Gasteiger partial charge in [0, 0.05) is 12.3 Å². The first-order valence-electron chi connectivity index (χ1n) is 4.70. The molecule has 3 nitrogen and oxygen atoms in total. The molecular formula is C10H12ClFN2O. The smallest absolute Gasteiger partial charge is 0.224 e. The molecule has 0 spiro atoms. The first-order chi connectivity index (χ1) is 7.22. The van der Waals surface area contributed by atoms with Crippen LogP contribution in [0.3, 0.4) is 0 Å². The Labute approximate surface area is 92.7 Å². The maximum atomic E-state index is 12.4. The summed E-state index contributed by atoms with van der Waals surface area (Å²) >= 11 is 5.48. The number of alkyl halides is 1. The van der Waals surface area contributed by atoms with E-state index in [1.54, 1.807) is 0 Å². The van der Waals surface area contributed by atoms with Crippen molar-refractivity contribution in [1.29, 1.82) is 0 Å². The fourth-order valence-corrected chi connectivity index (χ4v) is 1.24. The Balaban J connectivity index is 2.34. The van der Waals surface area contributed by atoms with Gasteiger partial charge in [0.25, 0.3) is 0 Å². The van der Waals surface area contributed by atoms with Crippen LogP contribution in [-0.4, -0.2) is 16.8 Å². The van der Waals surface area contributed by atoms with Crippen molar-refractivity contribution in [2.45, 2.75) is 19.3 Å². The number of amides is 1. The lowest BCUT2D eigenvalue weighted by molar-refractivity contribution is -0.116. The lowest BCUT2D eigenvalue weighted by Crippen LogP contribution is -2.11. The van der Waals surface area contributed by atoms with Crippen LogP contribution in [0.1, 0.15) is 19.3 Å². The summed E-state index contributed by atoms with van der Waals surface area (Å²) in [6.07, 6.45) is 3.28. The van der Waals surface area contributed by atoms with Crippen LogP contribution in [0.5, 0.6) is 0 Å². The van der Waals surface area contributed by atoms with Crippen molar-refractivity contribution in [2.75, 3.05) is 11.2 Å². The lowest BCUT2D eigenvalue weighted by Gasteiger charge is -2.03. The van der Waals surface area contributed by atoms with Crippen LogP contribution < -0.4 is 5.32 Å². The number of nitrogens with one attached hydrogen (secondary N) is 1. The quantitative estimate of drug-likeness (QED) is 0.480. The number of unbranched alkanes of at least 4 members (excludes halogenated alkanes) is 1. The van der Waals surface area contributed by atoms with E-state index in [2.05, 4.69) is 10.3 Å². The fourth-order valence-electron chi connectivity index (χ4n) is 1.05. The van der Waals surface area contributed by atoms with Crippen LogP contribution in [0.15, 0.2) is 18.3 Å². The van der Waals surface area contributed by atoms with Crippen LogP contribution in [0.2, 0.25) is 0 Å². The average Bonchev–Trinajstić information content (AvgIpc) is 2.22. The zero-order valence-electron chi connectivity index (χ0n) is 8.17. The third-order valence-electron chi connectivity index (χ3n) is 1.80. The molecule has 0 bridgehead atoms. The maximum absolute atomic E-state index is 12.4. The van der Waals surface area contributed by atoms with E-state index in [1.807, 2.05) is 0 Å². The molecule has 1 amide bonds. The first kappa shape index (κ1) is 11.9. The molecule has 0 saturated heterocycles. The van der Waals surface area contributed by atoms with Gasteiger partial charge in [0.05, 0.1) is 11.9 Å². The fraction of sp³-hybridized carbons (Fsp3) is 0.400. The Morgan fingerprint density at radius 3 is 2.87 bits per heavy atom. The number of carbonyl (C=O) groups is 1. The van der Waals surface area contributed by atoms with Gasteiger partial charge < -0.3 is 5.32 Å². The summed E-state index contributed by atoms with van der Waals surface area (Å²) < 4.78 is 12.4. The number of hydrogen-bond donors (Lipinski definition) is 1. The van der Waals surface area contributed by atoms with Gasteiger partial charge in [0.15, 0.2) is 0 Å². The molecular weight excluding hydrogens is 219 g/mol. The molecule has 0 unspecified atom stereocenters. The number of rotatable bonds is 5. The Morgan fingerprint density at radius 1 is 1.47 bits per heavy atom. The second kappa shape index (κ2) is 6.35. The number of halogens is 2. The highest BCUT2D eigenvalue weighted by molar-refractivity contribution is 6.17. The molecule has 15 heavy (non-hydrogen) atoms. The van der Waals surface area contributed by atoms with Gasteiger partial charge in [-0.05, 0) is 25.0 Å². The lowest BCUT2D eigenvalue weighted by atomic mass is 10.2. The molecule has 1 rings (SSSR count). The van der Waals surface area contributed by atoms with Crippen molar-refractivity contribution in [1.82, 2.24) is 4.98 Å². The number of nitrogens with zero attached hydrogens (tertiary/aromatic N) is 1. The SMILES string of the molecule is O=C(CCCCCl)Nc1ccc(F)nc1. The number of hydrogen-bond acceptors (Lipinski definition) is 2. The second-order valence-electron chi connectivity index (χ2n) is 3.06. The van der Waals surface area contributed by atoms with E-state index in [0.717, 1.165) is 12.8 Å². The van der Waals surface area contributed by atoms with Crippen LogP contribution in [0.4, 0.5) is 10.1 Å². The zero-order valence-corrected chi connectivity index (χ0v) is 8.93. The minimum absolute atomic E-state index is 0.103. The molecule has 0 aromatic carbocycles. The standard InChI is InChI=1S/C10H12ClFN2O/c11-6-2-1-3-10(15)14-8-4-5-9(12)13-7-8/h4-5,7H,1-3,6H2,(H,14,15). The van der Waals surface area contributed by atoms with Crippen molar-refractivity contribution in [3.8, 4) is 0 Å². The van der Waals surface area contributed by atoms with Crippen molar-refractivity contribution >= 4 is 23.2 Å². The highest BCUT2D eigenvalue weighted by atomic mass is 35.5. The molecule has 0 aliphatic heterocycles. The predicted molar refractivity (Wildman–Crippen MR) is 57.4 cm³/mol. The number of anilines is 1. The molecule has 82 valence electrons. The van der Waals surface area contributed by atoms with Gasteiger partial charge in [-0.2, -0.15) is 4.39 Å². The number of pyridine rings is 1. The minimum Gasteiger partial charge on any atom is -0.325 e. The van der Waals surface area contributed by atoms with Gasteiger partial charge >= 0.3 is 0 Å². The molecule has 0 aliphatic carbocycles. The monoisotopic (exact) mass is 230 g/mol. The molecule has 5 heteroatoms. The zero-order chi connectivity index (χ0) is 11.1. The van der Waals surface area contributed by atoms with E-state index in [-0.39, 0.29) is 5.91 Å². The van der Waals surface area contributed by atoms with Gasteiger partial charge in [0.2, 0.25) is 11.9 Å². The van der Waals surface area contributed by atoms with Gasteiger partial charge in [-0.25, -0.2) is 4.98 Å². The average molecular weight is 231 g/mol. The summed E-state index contributed by atoms with van der Waals surface area (Å²) in [5.74, 6) is -0.102. The van der Waals surface area contributed by atoms with Crippen molar-refractivity contribution in [2.24, 2.45) is 0 Å². The summed E-state index contributed by atoms with van der Waals surface area (Å²) in [6, 6.07) is 2.68. The van der Waals surface area contributed by atoms with Crippen molar-refractivity contribution in [3.05, 3.63) is 24.3 Å². The summed E-state index contributed by atoms with van der Waals surface area (Å²) in [5, 5.41) is 2.62. The first-order valence-corrected chi connectivity index (χ1v) is 5.23. The second-order valence-corrected chi connectivity index (χ2v) is 3.44. The maximum Gasteiger partial charge on any atom is 0.224 e. The van der Waals surface area contributed by atoms with Crippen LogP contribution in [0.25, 0.3) is 0 Å².